The molecule has 2 heterocycles. The Morgan fingerprint density at radius 3 is 2.78 bits per heavy atom. The monoisotopic (exact) mass is 339 g/mol. The van der Waals surface area contributed by atoms with Crippen LogP contribution in [0.3, 0.4) is 0 Å². The number of anilines is 1. The van der Waals surface area contributed by atoms with Crippen LogP contribution in [0.4, 0.5) is 9.93 Å². The van der Waals surface area contributed by atoms with Crippen molar-refractivity contribution in [2.24, 2.45) is 11.8 Å². The van der Waals surface area contributed by atoms with Gasteiger partial charge in [-0.05, 0) is 18.8 Å². The van der Waals surface area contributed by atoms with Gasteiger partial charge in [0.05, 0.1) is 5.92 Å². The molecule has 3 amide bonds. The second kappa shape index (κ2) is 7.72. The Balaban J connectivity index is 1.92. The Bertz CT molecular complexity index is 558. The van der Waals surface area contributed by atoms with Crippen LogP contribution in [0, 0.1) is 11.8 Å². The lowest BCUT2D eigenvalue weighted by Gasteiger charge is -2.33. The predicted octanol–water partition coefficient (Wildman–Crippen LogP) is 2.07. The van der Waals surface area contributed by atoms with Gasteiger partial charge in [0.1, 0.15) is 5.01 Å². The summed E-state index contributed by atoms with van der Waals surface area (Å²) in [6.07, 6.45) is 2.50. The van der Waals surface area contributed by atoms with Gasteiger partial charge in [-0.15, -0.1) is 10.2 Å². The molecule has 1 aliphatic rings. The zero-order valence-corrected chi connectivity index (χ0v) is 15.0. The van der Waals surface area contributed by atoms with Crippen molar-refractivity contribution in [2.45, 2.75) is 33.1 Å². The largest absolute Gasteiger partial charge is 0.331 e. The van der Waals surface area contributed by atoms with Crippen LogP contribution in [0.15, 0.2) is 0 Å². The van der Waals surface area contributed by atoms with Crippen LogP contribution in [0.25, 0.3) is 0 Å². The third-order valence-corrected chi connectivity index (χ3v) is 4.59. The highest BCUT2D eigenvalue weighted by Gasteiger charge is 2.29. The van der Waals surface area contributed by atoms with Crippen LogP contribution in [0.1, 0.15) is 31.7 Å². The number of carbonyl (C=O) groups is 2. The number of hydrogen-bond donors (Lipinski definition) is 1. The second-order valence-corrected chi connectivity index (χ2v) is 7.61. The van der Waals surface area contributed by atoms with E-state index in [1.165, 1.54) is 11.3 Å². The maximum atomic E-state index is 12.4. The lowest BCUT2D eigenvalue weighted by molar-refractivity contribution is -0.121. The van der Waals surface area contributed by atoms with Crippen molar-refractivity contribution in [2.75, 3.05) is 32.5 Å². The van der Waals surface area contributed by atoms with E-state index in [-0.39, 0.29) is 17.9 Å². The molecule has 1 saturated heterocycles. The zero-order chi connectivity index (χ0) is 17.0. The molecule has 1 atom stereocenters. The number of carbonyl (C=O) groups excluding carboxylic acids is 2. The second-order valence-electron chi connectivity index (χ2n) is 6.55. The van der Waals surface area contributed by atoms with Gasteiger partial charge in [-0.25, -0.2) is 4.79 Å². The van der Waals surface area contributed by atoms with Crippen LogP contribution in [-0.2, 0) is 11.2 Å². The molecule has 2 rings (SSSR count). The first-order valence-electron chi connectivity index (χ1n) is 7.96. The number of aromatic nitrogens is 2. The molecule has 1 aromatic rings. The molecule has 0 aliphatic carbocycles. The van der Waals surface area contributed by atoms with Gasteiger partial charge in [0.2, 0.25) is 11.0 Å². The lowest BCUT2D eigenvalue weighted by Crippen LogP contribution is -2.47. The van der Waals surface area contributed by atoms with Gasteiger partial charge in [0, 0.05) is 33.6 Å². The molecule has 0 saturated carbocycles. The number of rotatable bonds is 4. The van der Waals surface area contributed by atoms with Gasteiger partial charge in [0.25, 0.3) is 0 Å². The summed E-state index contributed by atoms with van der Waals surface area (Å²) >= 11 is 1.42. The first kappa shape index (κ1) is 17.7. The minimum absolute atomic E-state index is 0.0439. The Morgan fingerprint density at radius 2 is 2.13 bits per heavy atom. The molecular weight excluding hydrogens is 314 g/mol. The summed E-state index contributed by atoms with van der Waals surface area (Å²) < 4.78 is 0. The van der Waals surface area contributed by atoms with Crippen LogP contribution in [0.5, 0.6) is 0 Å². The predicted molar refractivity (Wildman–Crippen MR) is 90.5 cm³/mol. The Hall–Kier alpha value is -1.70. The molecule has 0 aromatic carbocycles. The van der Waals surface area contributed by atoms with Gasteiger partial charge in [-0.2, -0.15) is 0 Å². The number of piperidine rings is 1. The van der Waals surface area contributed by atoms with E-state index in [0.29, 0.717) is 24.1 Å². The van der Waals surface area contributed by atoms with Crippen LogP contribution in [0.2, 0.25) is 0 Å². The Morgan fingerprint density at radius 1 is 1.39 bits per heavy atom. The van der Waals surface area contributed by atoms with Crippen molar-refractivity contribution in [3.8, 4) is 0 Å². The topological polar surface area (TPSA) is 78.4 Å². The van der Waals surface area contributed by atoms with Crippen molar-refractivity contribution >= 4 is 28.4 Å². The first-order valence-corrected chi connectivity index (χ1v) is 8.78. The first-order chi connectivity index (χ1) is 10.9. The summed E-state index contributed by atoms with van der Waals surface area (Å²) in [7, 11) is 3.45. The number of nitrogens with one attached hydrogen (secondary N) is 1. The molecule has 8 heteroatoms. The van der Waals surface area contributed by atoms with E-state index in [1.54, 1.807) is 23.9 Å². The molecule has 1 aliphatic heterocycles. The van der Waals surface area contributed by atoms with Gasteiger partial charge in [-0.3, -0.25) is 4.79 Å². The fourth-order valence-electron chi connectivity index (χ4n) is 2.59. The van der Waals surface area contributed by atoms with Crippen LogP contribution < -0.4 is 5.32 Å². The van der Waals surface area contributed by atoms with Crippen LogP contribution >= 0.6 is 11.3 Å². The number of amides is 3. The average molecular weight is 339 g/mol. The lowest BCUT2D eigenvalue weighted by atomic mass is 9.97. The maximum absolute atomic E-state index is 12.4. The van der Waals surface area contributed by atoms with Crippen molar-refractivity contribution in [3.63, 3.8) is 0 Å². The molecule has 0 spiro atoms. The average Bonchev–Trinajstić information content (AvgIpc) is 2.92. The fraction of sp³-hybridized carbons (Fsp3) is 0.733. The molecule has 0 radical (unpaired) electrons. The number of likely N-dealkylation sites (tertiary alicyclic amines) is 1. The van der Waals surface area contributed by atoms with Crippen molar-refractivity contribution in [3.05, 3.63) is 5.01 Å². The minimum Gasteiger partial charge on any atom is -0.331 e. The van der Waals surface area contributed by atoms with E-state index < -0.39 is 0 Å². The van der Waals surface area contributed by atoms with E-state index >= 15 is 0 Å². The minimum atomic E-state index is -0.190. The summed E-state index contributed by atoms with van der Waals surface area (Å²) in [5, 5.41) is 12.5. The quantitative estimate of drug-likeness (QED) is 0.911. The Labute approximate surface area is 141 Å². The Kier molecular flexibility index (Phi) is 5.92. The summed E-state index contributed by atoms with van der Waals surface area (Å²) in [5.74, 6) is 0.244. The summed E-state index contributed by atoms with van der Waals surface area (Å²) in [6, 6.07) is -0.0439. The SMILES string of the molecule is CC(C)Cc1nnc(NC(=O)[C@H]2CCCN(C(=O)N(C)C)C2)s1. The molecule has 7 nitrogen and oxygen atoms in total. The molecule has 1 fully saturated rings. The standard InChI is InChI=1S/C15H25N5O2S/c1-10(2)8-12-17-18-14(23-12)16-13(21)11-6-5-7-20(9-11)15(22)19(3)4/h10-11H,5-9H2,1-4H3,(H,16,18,21)/t11-/m0/s1. The smallest absolute Gasteiger partial charge is 0.319 e. The third-order valence-electron chi connectivity index (χ3n) is 3.73. The van der Waals surface area contributed by atoms with Crippen LogP contribution in [-0.4, -0.2) is 59.1 Å². The van der Waals surface area contributed by atoms with Gasteiger partial charge in [-0.1, -0.05) is 25.2 Å². The molecular formula is C15H25N5O2S. The highest BCUT2D eigenvalue weighted by Crippen LogP contribution is 2.22. The molecule has 1 aromatic heterocycles. The van der Waals surface area contributed by atoms with Crippen molar-refractivity contribution < 1.29 is 9.59 Å². The highest BCUT2D eigenvalue weighted by molar-refractivity contribution is 7.15. The van der Waals surface area contributed by atoms with E-state index in [4.69, 9.17) is 0 Å². The molecule has 1 N–H and O–H groups in total. The summed E-state index contributed by atoms with van der Waals surface area (Å²) in [4.78, 5) is 27.7. The van der Waals surface area contributed by atoms with E-state index in [1.807, 2.05) is 0 Å². The maximum Gasteiger partial charge on any atom is 0.319 e. The van der Waals surface area contributed by atoms with E-state index in [0.717, 1.165) is 24.3 Å². The summed E-state index contributed by atoms with van der Waals surface area (Å²) in [5.41, 5.74) is 0. The van der Waals surface area contributed by atoms with Gasteiger partial charge < -0.3 is 15.1 Å². The number of hydrogen-bond acceptors (Lipinski definition) is 5. The molecule has 128 valence electrons. The molecule has 0 unspecified atom stereocenters. The molecule has 23 heavy (non-hydrogen) atoms. The molecule has 0 bridgehead atoms. The zero-order valence-electron chi connectivity index (χ0n) is 14.2. The fourth-order valence-corrected chi connectivity index (χ4v) is 3.55. The highest BCUT2D eigenvalue weighted by atomic mass is 32.1. The van der Waals surface area contributed by atoms with Crippen molar-refractivity contribution in [1.82, 2.24) is 20.0 Å². The number of nitrogens with zero attached hydrogens (tertiary/aromatic N) is 4. The normalized spacial score (nSPS) is 18.1. The third kappa shape index (κ3) is 4.89. The van der Waals surface area contributed by atoms with Gasteiger partial charge >= 0.3 is 6.03 Å². The number of urea groups is 1. The van der Waals surface area contributed by atoms with E-state index in [2.05, 4.69) is 29.4 Å². The van der Waals surface area contributed by atoms with Crippen molar-refractivity contribution in [1.29, 1.82) is 0 Å². The van der Waals surface area contributed by atoms with Gasteiger partial charge in [0.15, 0.2) is 0 Å². The van der Waals surface area contributed by atoms with E-state index in [9.17, 15) is 9.59 Å². The summed E-state index contributed by atoms with van der Waals surface area (Å²) in [6.45, 7) is 5.41.